The van der Waals surface area contributed by atoms with Crippen LogP contribution in [0.3, 0.4) is 0 Å². The highest BCUT2D eigenvalue weighted by Crippen LogP contribution is 2.20. The first kappa shape index (κ1) is 23.9. The number of hydrogen-bond acceptors (Lipinski definition) is 3. The molecule has 0 spiro atoms. The maximum absolute atomic E-state index is 13.1. The first-order chi connectivity index (χ1) is 17.0. The number of para-hydroxylation sites is 1. The summed E-state index contributed by atoms with van der Waals surface area (Å²) in [5.41, 5.74) is 2.97. The molecule has 5 nitrogen and oxygen atoms in total. The molecule has 2 amide bonds. The minimum Gasteiger partial charge on any atom is -0.337 e. The van der Waals surface area contributed by atoms with E-state index in [2.05, 4.69) is 10.6 Å². The zero-order valence-corrected chi connectivity index (χ0v) is 20.1. The van der Waals surface area contributed by atoms with E-state index in [9.17, 15) is 9.59 Å². The van der Waals surface area contributed by atoms with Crippen molar-refractivity contribution in [1.29, 1.82) is 0 Å². The Morgan fingerprint density at radius 1 is 0.857 bits per heavy atom. The minimum absolute atomic E-state index is 0.114. The SMILES string of the molecule is CN(Cc1ccccc1)C(=O)c1ccccc1NC(=S)NC(=O)C=Cc1cccc2ccccc12. The lowest BCUT2D eigenvalue weighted by Crippen LogP contribution is -2.34. The molecular formula is C29H25N3O2S. The maximum atomic E-state index is 13.1. The van der Waals surface area contributed by atoms with E-state index in [-0.39, 0.29) is 16.9 Å². The molecule has 35 heavy (non-hydrogen) atoms. The van der Waals surface area contributed by atoms with Gasteiger partial charge in [0, 0.05) is 19.7 Å². The quantitative estimate of drug-likeness (QED) is 0.278. The van der Waals surface area contributed by atoms with Gasteiger partial charge in [0.25, 0.3) is 5.91 Å². The van der Waals surface area contributed by atoms with Crippen molar-refractivity contribution < 1.29 is 9.59 Å². The van der Waals surface area contributed by atoms with Crippen LogP contribution >= 0.6 is 12.2 Å². The summed E-state index contributed by atoms with van der Waals surface area (Å²) in [5.74, 6) is -0.512. The van der Waals surface area contributed by atoms with Crippen molar-refractivity contribution in [1.82, 2.24) is 10.2 Å². The Balaban J connectivity index is 1.40. The zero-order valence-electron chi connectivity index (χ0n) is 19.3. The van der Waals surface area contributed by atoms with Crippen LogP contribution in [0.15, 0.2) is 103 Å². The molecule has 0 saturated carbocycles. The highest BCUT2D eigenvalue weighted by molar-refractivity contribution is 7.80. The molecule has 0 aliphatic rings. The molecule has 0 fully saturated rings. The third-order valence-corrected chi connectivity index (χ3v) is 5.69. The van der Waals surface area contributed by atoms with Gasteiger partial charge in [0.15, 0.2) is 5.11 Å². The summed E-state index contributed by atoms with van der Waals surface area (Å²) in [5, 5.41) is 7.92. The molecule has 174 valence electrons. The average molecular weight is 480 g/mol. The number of carbonyl (C=O) groups is 2. The van der Waals surface area contributed by atoms with Gasteiger partial charge in [-0.15, -0.1) is 0 Å². The van der Waals surface area contributed by atoms with Crippen LogP contribution in [0.1, 0.15) is 21.5 Å². The van der Waals surface area contributed by atoms with Crippen molar-refractivity contribution in [2.24, 2.45) is 0 Å². The Morgan fingerprint density at radius 2 is 1.54 bits per heavy atom. The second kappa shape index (κ2) is 11.2. The lowest BCUT2D eigenvalue weighted by Gasteiger charge is -2.20. The fourth-order valence-corrected chi connectivity index (χ4v) is 3.99. The highest BCUT2D eigenvalue weighted by atomic mass is 32.1. The Hall–Kier alpha value is -4.29. The van der Waals surface area contributed by atoms with Crippen LogP contribution in [0.2, 0.25) is 0 Å². The first-order valence-electron chi connectivity index (χ1n) is 11.2. The minimum atomic E-state index is -0.361. The van der Waals surface area contributed by atoms with Crippen molar-refractivity contribution in [2.45, 2.75) is 6.54 Å². The summed E-state index contributed by atoms with van der Waals surface area (Å²) in [6.07, 6.45) is 3.21. The van der Waals surface area contributed by atoms with E-state index >= 15 is 0 Å². The number of anilines is 1. The molecule has 0 radical (unpaired) electrons. The molecule has 0 bridgehead atoms. The van der Waals surface area contributed by atoms with Crippen molar-refractivity contribution in [3.63, 3.8) is 0 Å². The molecule has 0 unspecified atom stereocenters. The fourth-order valence-electron chi connectivity index (χ4n) is 3.78. The molecule has 0 heterocycles. The number of fused-ring (bicyclic) bond motifs is 1. The number of nitrogens with zero attached hydrogens (tertiary/aromatic N) is 1. The van der Waals surface area contributed by atoms with E-state index in [4.69, 9.17) is 12.2 Å². The molecule has 0 aromatic heterocycles. The Morgan fingerprint density at radius 3 is 2.37 bits per heavy atom. The molecule has 4 rings (SSSR count). The van der Waals surface area contributed by atoms with Crippen molar-refractivity contribution in [3.05, 3.63) is 120 Å². The van der Waals surface area contributed by atoms with Crippen LogP contribution in [0.5, 0.6) is 0 Å². The standard InChI is InChI=1S/C29H25N3O2S/c1-32(20-21-10-3-2-4-11-21)28(34)25-16-7-8-17-26(25)30-29(35)31-27(33)19-18-23-14-9-13-22-12-5-6-15-24(22)23/h2-19H,20H2,1H3,(H2,30,31,33,35). The zero-order chi connectivity index (χ0) is 24.6. The number of hydrogen-bond donors (Lipinski definition) is 2. The van der Waals surface area contributed by atoms with Crippen LogP contribution in [-0.4, -0.2) is 28.9 Å². The molecule has 0 aliphatic heterocycles. The number of amides is 2. The molecule has 0 saturated heterocycles. The van der Waals surface area contributed by atoms with Crippen LogP contribution in [-0.2, 0) is 11.3 Å². The number of thiocarbonyl (C=S) groups is 1. The summed E-state index contributed by atoms with van der Waals surface area (Å²) >= 11 is 5.34. The highest BCUT2D eigenvalue weighted by Gasteiger charge is 2.16. The summed E-state index contributed by atoms with van der Waals surface area (Å²) in [6, 6.07) is 30.8. The topological polar surface area (TPSA) is 61.4 Å². The summed E-state index contributed by atoms with van der Waals surface area (Å²) in [7, 11) is 1.75. The van der Waals surface area contributed by atoms with E-state index in [1.54, 1.807) is 42.3 Å². The average Bonchev–Trinajstić information content (AvgIpc) is 2.88. The predicted molar refractivity (Wildman–Crippen MR) is 146 cm³/mol. The number of rotatable bonds is 6. The number of carbonyl (C=O) groups excluding carboxylic acids is 2. The summed E-state index contributed by atoms with van der Waals surface area (Å²) in [4.78, 5) is 27.2. The van der Waals surface area contributed by atoms with Gasteiger partial charge in [-0.3, -0.25) is 14.9 Å². The first-order valence-corrected chi connectivity index (χ1v) is 11.6. The van der Waals surface area contributed by atoms with Gasteiger partial charge < -0.3 is 10.2 Å². The van der Waals surface area contributed by atoms with Gasteiger partial charge in [0.2, 0.25) is 5.91 Å². The van der Waals surface area contributed by atoms with E-state index in [0.29, 0.717) is 17.8 Å². The molecular weight excluding hydrogens is 454 g/mol. The molecule has 0 aliphatic carbocycles. The predicted octanol–water partition coefficient (Wildman–Crippen LogP) is 5.64. The van der Waals surface area contributed by atoms with E-state index in [0.717, 1.165) is 21.9 Å². The van der Waals surface area contributed by atoms with Gasteiger partial charge >= 0.3 is 0 Å². The second-order valence-electron chi connectivity index (χ2n) is 8.04. The third-order valence-electron chi connectivity index (χ3n) is 5.49. The molecule has 0 atom stereocenters. The van der Waals surface area contributed by atoms with Gasteiger partial charge in [-0.05, 0) is 52.3 Å². The molecule has 6 heteroatoms. The molecule has 4 aromatic rings. The molecule has 4 aromatic carbocycles. The largest absolute Gasteiger partial charge is 0.337 e. The molecule has 2 N–H and O–H groups in total. The van der Waals surface area contributed by atoms with Gasteiger partial charge in [-0.1, -0.05) is 84.9 Å². The third kappa shape index (κ3) is 6.19. The van der Waals surface area contributed by atoms with Gasteiger partial charge in [-0.25, -0.2) is 0 Å². The maximum Gasteiger partial charge on any atom is 0.256 e. The Kier molecular flexibility index (Phi) is 7.65. The van der Waals surface area contributed by atoms with Crippen molar-refractivity contribution in [2.75, 3.05) is 12.4 Å². The van der Waals surface area contributed by atoms with Crippen molar-refractivity contribution in [3.8, 4) is 0 Å². The Bertz CT molecular complexity index is 1390. The number of benzene rings is 4. The number of nitrogens with one attached hydrogen (secondary N) is 2. The second-order valence-corrected chi connectivity index (χ2v) is 8.45. The smallest absolute Gasteiger partial charge is 0.256 e. The summed E-state index contributed by atoms with van der Waals surface area (Å²) < 4.78 is 0. The summed E-state index contributed by atoms with van der Waals surface area (Å²) in [6.45, 7) is 0.480. The van der Waals surface area contributed by atoms with E-state index < -0.39 is 0 Å². The lowest BCUT2D eigenvalue weighted by atomic mass is 10.0. The fraction of sp³-hybridized carbons (Fsp3) is 0.0690. The van der Waals surface area contributed by atoms with Gasteiger partial charge in [0.05, 0.1) is 11.3 Å². The lowest BCUT2D eigenvalue weighted by molar-refractivity contribution is -0.115. The van der Waals surface area contributed by atoms with Gasteiger partial charge in [-0.2, -0.15) is 0 Å². The van der Waals surface area contributed by atoms with Crippen molar-refractivity contribution >= 4 is 51.7 Å². The van der Waals surface area contributed by atoms with Crippen LogP contribution in [0.4, 0.5) is 5.69 Å². The van der Waals surface area contributed by atoms with Crippen LogP contribution in [0.25, 0.3) is 16.8 Å². The van der Waals surface area contributed by atoms with Gasteiger partial charge in [0.1, 0.15) is 0 Å². The monoisotopic (exact) mass is 479 g/mol. The van der Waals surface area contributed by atoms with Crippen LogP contribution < -0.4 is 10.6 Å². The van der Waals surface area contributed by atoms with Crippen LogP contribution in [0, 0.1) is 0 Å². The normalized spacial score (nSPS) is 10.8. The van der Waals surface area contributed by atoms with E-state index in [1.165, 1.54) is 6.08 Å². The Labute approximate surface area is 210 Å². The van der Waals surface area contributed by atoms with E-state index in [1.807, 2.05) is 72.8 Å².